The first-order chi connectivity index (χ1) is 14.4. The molecule has 0 radical (unpaired) electrons. The zero-order valence-electron chi connectivity index (χ0n) is 15.3. The molecular formula is C21H14F3N5O. The smallest absolute Gasteiger partial charge is 0.322 e. The van der Waals surface area contributed by atoms with Crippen molar-refractivity contribution in [2.45, 2.75) is 6.18 Å². The van der Waals surface area contributed by atoms with Crippen LogP contribution in [0.4, 0.5) is 18.9 Å². The summed E-state index contributed by atoms with van der Waals surface area (Å²) in [6.07, 6.45) is -2.99. The molecule has 150 valence electrons. The van der Waals surface area contributed by atoms with Crippen LogP contribution >= 0.6 is 0 Å². The summed E-state index contributed by atoms with van der Waals surface area (Å²) in [5, 5.41) is 13.8. The van der Waals surface area contributed by atoms with Crippen LogP contribution in [0.1, 0.15) is 15.9 Å². The number of nitrogens with one attached hydrogen (secondary N) is 1. The van der Waals surface area contributed by atoms with Crippen LogP contribution in [0.2, 0.25) is 0 Å². The third-order valence-electron chi connectivity index (χ3n) is 4.41. The lowest BCUT2D eigenvalue weighted by molar-refractivity contribution is -0.137. The van der Waals surface area contributed by atoms with Gasteiger partial charge in [-0.15, -0.1) is 5.10 Å². The zero-order chi connectivity index (χ0) is 21.1. The van der Waals surface area contributed by atoms with E-state index in [4.69, 9.17) is 0 Å². The van der Waals surface area contributed by atoms with E-state index in [0.29, 0.717) is 28.1 Å². The number of hydrogen-bond donors (Lipinski definition) is 1. The molecule has 1 heterocycles. The third kappa shape index (κ3) is 4.04. The Morgan fingerprint density at radius 2 is 1.70 bits per heavy atom. The van der Waals surface area contributed by atoms with Gasteiger partial charge in [-0.25, -0.2) is 4.68 Å². The number of amides is 1. The maximum absolute atomic E-state index is 12.9. The van der Waals surface area contributed by atoms with E-state index in [0.717, 1.165) is 12.1 Å². The van der Waals surface area contributed by atoms with Gasteiger partial charge in [0.25, 0.3) is 5.91 Å². The van der Waals surface area contributed by atoms with E-state index in [1.807, 2.05) is 0 Å². The normalized spacial score (nSPS) is 11.3. The lowest BCUT2D eigenvalue weighted by Crippen LogP contribution is -2.13. The molecule has 1 N–H and O–H groups in total. The van der Waals surface area contributed by atoms with E-state index in [9.17, 15) is 18.0 Å². The minimum atomic E-state index is -4.42. The minimum absolute atomic E-state index is 0.338. The van der Waals surface area contributed by atoms with Gasteiger partial charge in [-0.2, -0.15) is 13.2 Å². The Hall–Kier alpha value is -4.01. The lowest BCUT2D eigenvalue weighted by atomic mass is 9.98. The van der Waals surface area contributed by atoms with Crippen LogP contribution in [0.15, 0.2) is 79.1 Å². The van der Waals surface area contributed by atoms with Crippen LogP contribution < -0.4 is 5.32 Å². The lowest BCUT2D eigenvalue weighted by Gasteiger charge is -2.12. The Bertz CT molecular complexity index is 1170. The number of nitrogens with zero attached hydrogens (tertiary/aromatic N) is 4. The van der Waals surface area contributed by atoms with Crippen molar-refractivity contribution in [1.29, 1.82) is 0 Å². The molecule has 0 atom stereocenters. The second-order valence-electron chi connectivity index (χ2n) is 6.38. The summed E-state index contributed by atoms with van der Waals surface area (Å²) in [5.41, 5.74) is 1.82. The average Bonchev–Trinajstić information content (AvgIpc) is 3.28. The van der Waals surface area contributed by atoms with Crippen LogP contribution in [-0.4, -0.2) is 26.1 Å². The average molecular weight is 409 g/mol. The van der Waals surface area contributed by atoms with Crippen LogP contribution in [-0.2, 0) is 6.18 Å². The molecule has 1 aromatic heterocycles. The fourth-order valence-corrected chi connectivity index (χ4v) is 2.98. The molecule has 0 saturated carbocycles. The number of halogens is 3. The molecule has 4 rings (SSSR count). The number of rotatable bonds is 4. The molecule has 30 heavy (non-hydrogen) atoms. The van der Waals surface area contributed by atoms with Crippen molar-refractivity contribution in [3.05, 3.63) is 90.3 Å². The largest absolute Gasteiger partial charge is 0.416 e. The quantitative estimate of drug-likeness (QED) is 0.535. The van der Waals surface area contributed by atoms with E-state index in [-0.39, 0.29) is 5.91 Å². The van der Waals surface area contributed by atoms with Gasteiger partial charge < -0.3 is 5.32 Å². The number of benzene rings is 3. The van der Waals surface area contributed by atoms with Gasteiger partial charge in [-0.3, -0.25) is 4.79 Å². The number of carbonyl (C=O) groups is 1. The molecule has 0 bridgehead atoms. The first kappa shape index (κ1) is 19.3. The summed E-state index contributed by atoms with van der Waals surface area (Å²) >= 11 is 0. The molecule has 0 saturated heterocycles. The van der Waals surface area contributed by atoms with Gasteiger partial charge in [0.2, 0.25) is 0 Å². The first-order valence-corrected chi connectivity index (χ1v) is 8.83. The van der Waals surface area contributed by atoms with Crippen molar-refractivity contribution in [3.63, 3.8) is 0 Å². The SMILES string of the molecule is O=C(Nc1cccc(-n2cnnn2)c1)c1ccccc1-c1ccc(C(F)(F)F)cc1. The number of tetrazole rings is 1. The van der Waals surface area contributed by atoms with Gasteiger partial charge in [0, 0.05) is 11.3 Å². The number of hydrogen-bond acceptors (Lipinski definition) is 4. The summed E-state index contributed by atoms with van der Waals surface area (Å²) in [6.45, 7) is 0. The van der Waals surface area contributed by atoms with Crippen molar-refractivity contribution in [2.24, 2.45) is 0 Å². The Labute approximate surface area is 169 Å². The topological polar surface area (TPSA) is 72.7 Å². The van der Waals surface area contributed by atoms with E-state index in [2.05, 4.69) is 20.8 Å². The molecule has 0 fully saturated rings. The van der Waals surface area contributed by atoms with E-state index >= 15 is 0 Å². The fraction of sp³-hybridized carbons (Fsp3) is 0.0476. The van der Waals surface area contributed by atoms with Gasteiger partial charge in [-0.05, 0) is 58.0 Å². The highest BCUT2D eigenvalue weighted by Gasteiger charge is 2.30. The molecule has 9 heteroatoms. The zero-order valence-corrected chi connectivity index (χ0v) is 15.3. The Balaban J connectivity index is 1.61. The standard InChI is InChI=1S/C21H14F3N5O/c22-21(23,24)15-10-8-14(9-11-15)18-6-1-2-7-19(18)20(30)26-16-4-3-5-17(12-16)29-13-25-27-28-29/h1-13H,(H,26,30). The summed E-state index contributed by atoms with van der Waals surface area (Å²) in [7, 11) is 0. The summed E-state index contributed by atoms with van der Waals surface area (Å²) in [4.78, 5) is 12.9. The molecule has 0 aliphatic heterocycles. The van der Waals surface area contributed by atoms with Gasteiger partial charge in [0.05, 0.1) is 11.3 Å². The summed E-state index contributed by atoms with van der Waals surface area (Å²) < 4.78 is 39.9. The van der Waals surface area contributed by atoms with Crippen molar-refractivity contribution < 1.29 is 18.0 Å². The van der Waals surface area contributed by atoms with Crippen LogP contribution in [0.5, 0.6) is 0 Å². The summed E-state index contributed by atoms with van der Waals surface area (Å²) in [6, 6.07) is 18.4. The Morgan fingerprint density at radius 1 is 0.933 bits per heavy atom. The van der Waals surface area contributed by atoms with E-state index in [1.54, 1.807) is 48.5 Å². The number of carbonyl (C=O) groups excluding carboxylic acids is 1. The third-order valence-corrected chi connectivity index (χ3v) is 4.41. The number of anilines is 1. The fourth-order valence-electron chi connectivity index (χ4n) is 2.98. The van der Waals surface area contributed by atoms with E-state index in [1.165, 1.54) is 23.1 Å². The highest BCUT2D eigenvalue weighted by molar-refractivity contribution is 6.08. The van der Waals surface area contributed by atoms with Gasteiger partial charge in [0.1, 0.15) is 6.33 Å². The molecular weight excluding hydrogens is 395 g/mol. The van der Waals surface area contributed by atoms with Crippen LogP contribution in [0, 0.1) is 0 Å². The minimum Gasteiger partial charge on any atom is -0.322 e. The van der Waals surface area contributed by atoms with Crippen LogP contribution in [0.25, 0.3) is 16.8 Å². The monoisotopic (exact) mass is 409 g/mol. The second-order valence-corrected chi connectivity index (χ2v) is 6.38. The first-order valence-electron chi connectivity index (χ1n) is 8.83. The highest BCUT2D eigenvalue weighted by Crippen LogP contribution is 2.32. The van der Waals surface area contributed by atoms with E-state index < -0.39 is 11.7 Å². The maximum atomic E-state index is 12.9. The van der Waals surface area contributed by atoms with Gasteiger partial charge in [0.15, 0.2) is 0 Å². The highest BCUT2D eigenvalue weighted by atomic mass is 19.4. The van der Waals surface area contributed by atoms with Crippen molar-refractivity contribution in [1.82, 2.24) is 20.2 Å². The molecule has 6 nitrogen and oxygen atoms in total. The summed E-state index contributed by atoms with van der Waals surface area (Å²) in [5.74, 6) is -0.389. The maximum Gasteiger partial charge on any atom is 0.416 e. The van der Waals surface area contributed by atoms with Crippen molar-refractivity contribution >= 4 is 11.6 Å². The van der Waals surface area contributed by atoms with Crippen molar-refractivity contribution in [3.8, 4) is 16.8 Å². The predicted octanol–water partition coefficient (Wildman–Crippen LogP) is 4.60. The Kier molecular flexibility index (Phi) is 5.01. The molecule has 0 spiro atoms. The molecule has 4 aromatic rings. The number of aromatic nitrogens is 4. The second kappa shape index (κ2) is 7.78. The molecule has 0 unspecified atom stereocenters. The van der Waals surface area contributed by atoms with Crippen molar-refractivity contribution in [2.75, 3.05) is 5.32 Å². The molecule has 0 aliphatic rings. The molecule has 3 aromatic carbocycles. The molecule has 1 amide bonds. The molecule has 0 aliphatic carbocycles. The van der Waals surface area contributed by atoms with Gasteiger partial charge in [-0.1, -0.05) is 36.4 Å². The van der Waals surface area contributed by atoms with Gasteiger partial charge >= 0.3 is 6.18 Å². The van der Waals surface area contributed by atoms with Crippen LogP contribution in [0.3, 0.4) is 0 Å². The predicted molar refractivity (Wildman–Crippen MR) is 104 cm³/mol. The Morgan fingerprint density at radius 3 is 2.40 bits per heavy atom. The number of alkyl halides is 3.